The molecule has 0 heterocycles. The Kier molecular flexibility index (Phi) is 3.78. The summed E-state index contributed by atoms with van der Waals surface area (Å²) in [6.45, 7) is 2.22. The molecule has 0 saturated carbocycles. The molecule has 0 bridgehead atoms. The van der Waals surface area contributed by atoms with Crippen molar-refractivity contribution in [3.63, 3.8) is 0 Å². The zero-order valence-corrected chi connectivity index (χ0v) is 8.58. The van der Waals surface area contributed by atoms with Crippen molar-refractivity contribution in [2.24, 2.45) is 0 Å². The normalized spacial score (nSPS) is 12.9. The Morgan fingerprint density at radius 3 is 2.25 bits per heavy atom. The molecule has 0 saturated heterocycles. The van der Waals surface area contributed by atoms with Crippen LogP contribution >= 0.6 is 0 Å². The number of hydrogen-bond acceptors (Lipinski definition) is 2. The number of ether oxygens (including phenoxy) is 1. The van der Waals surface area contributed by atoms with Gasteiger partial charge >= 0.3 is 6.18 Å². The van der Waals surface area contributed by atoms with Gasteiger partial charge in [-0.25, -0.2) is 0 Å². The van der Waals surface area contributed by atoms with E-state index in [1.54, 1.807) is 6.92 Å². The Labute approximate surface area is 91.3 Å². The lowest BCUT2D eigenvalue weighted by Gasteiger charge is -2.13. The third-order valence-corrected chi connectivity index (χ3v) is 1.98. The second kappa shape index (κ2) is 4.88. The average Bonchev–Trinajstić information content (AvgIpc) is 2.20. The minimum atomic E-state index is -4.54. The van der Waals surface area contributed by atoms with Gasteiger partial charge in [-0.3, -0.25) is 0 Å². The fourth-order valence-corrected chi connectivity index (χ4v) is 1.26. The van der Waals surface area contributed by atoms with Crippen molar-refractivity contribution < 1.29 is 17.9 Å². The summed E-state index contributed by atoms with van der Waals surface area (Å²) in [5.74, 6) is -1.59. The van der Waals surface area contributed by atoms with Gasteiger partial charge in [-0.05, 0) is 24.6 Å². The summed E-state index contributed by atoms with van der Waals surface area (Å²) in [4.78, 5) is 0. The lowest BCUT2D eigenvalue weighted by molar-refractivity contribution is -0.137. The molecule has 0 aliphatic heterocycles. The van der Waals surface area contributed by atoms with Gasteiger partial charge in [-0.1, -0.05) is 12.1 Å². The Morgan fingerprint density at radius 2 is 1.88 bits per heavy atom. The second-order valence-electron chi connectivity index (χ2n) is 3.11. The summed E-state index contributed by atoms with van der Waals surface area (Å²) in [6.07, 6.45) is -4.54. The van der Waals surface area contributed by atoms with Crippen LogP contribution in [0.1, 0.15) is 18.4 Å². The van der Waals surface area contributed by atoms with Crippen LogP contribution in [0.15, 0.2) is 24.3 Å². The van der Waals surface area contributed by atoms with Crippen LogP contribution in [0, 0.1) is 11.3 Å². The smallest absolute Gasteiger partial charge is 0.408 e. The minimum absolute atomic E-state index is 0.0709. The van der Waals surface area contributed by atoms with Crippen molar-refractivity contribution in [1.29, 1.82) is 5.26 Å². The van der Waals surface area contributed by atoms with Crippen molar-refractivity contribution in [3.8, 4) is 11.8 Å². The molecule has 16 heavy (non-hydrogen) atoms. The van der Waals surface area contributed by atoms with Crippen LogP contribution in [0.3, 0.4) is 0 Å². The first-order valence-electron chi connectivity index (χ1n) is 4.68. The molecule has 1 rings (SSSR count). The van der Waals surface area contributed by atoms with E-state index in [1.165, 1.54) is 30.3 Å². The maximum atomic E-state index is 12.4. The zero-order chi connectivity index (χ0) is 12.2. The Bertz CT molecular complexity index is 378. The van der Waals surface area contributed by atoms with Crippen LogP contribution in [0.2, 0.25) is 0 Å². The lowest BCUT2D eigenvalue weighted by Crippen LogP contribution is -2.19. The van der Waals surface area contributed by atoms with Gasteiger partial charge in [0.15, 0.2) is 5.92 Å². The standard InChI is InChI=1S/C11H10F3NO/c1-2-16-9-5-3-8(4-6-9)10(7-15)11(12,13)14/h3-6,10H,2H2,1H3. The molecule has 5 heteroatoms. The molecule has 0 spiro atoms. The third-order valence-electron chi connectivity index (χ3n) is 1.98. The van der Waals surface area contributed by atoms with Gasteiger partial charge < -0.3 is 4.74 Å². The van der Waals surface area contributed by atoms with Gasteiger partial charge in [0.05, 0.1) is 12.7 Å². The third kappa shape index (κ3) is 2.89. The first kappa shape index (κ1) is 12.4. The monoisotopic (exact) mass is 229 g/mol. The first-order chi connectivity index (χ1) is 7.49. The van der Waals surface area contributed by atoms with Crippen molar-refractivity contribution in [1.82, 2.24) is 0 Å². The predicted octanol–water partition coefficient (Wildman–Crippen LogP) is 3.25. The number of benzene rings is 1. The molecule has 0 N–H and O–H groups in total. The molecule has 0 aliphatic rings. The van der Waals surface area contributed by atoms with Gasteiger partial charge in [0, 0.05) is 0 Å². The first-order valence-corrected chi connectivity index (χ1v) is 4.68. The highest BCUT2D eigenvalue weighted by Crippen LogP contribution is 2.34. The fourth-order valence-electron chi connectivity index (χ4n) is 1.26. The largest absolute Gasteiger partial charge is 0.494 e. The van der Waals surface area contributed by atoms with Gasteiger partial charge in [0.25, 0.3) is 0 Å². The van der Waals surface area contributed by atoms with E-state index >= 15 is 0 Å². The van der Waals surface area contributed by atoms with Crippen LogP contribution in [-0.2, 0) is 0 Å². The van der Waals surface area contributed by atoms with E-state index in [9.17, 15) is 13.2 Å². The zero-order valence-electron chi connectivity index (χ0n) is 8.58. The minimum Gasteiger partial charge on any atom is -0.494 e. The summed E-state index contributed by atoms with van der Waals surface area (Å²) >= 11 is 0. The molecule has 0 aromatic heterocycles. The number of hydrogen-bond donors (Lipinski definition) is 0. The van der Waals surface area contributed by atoms with Crippen LogP contribution in [0.25, 0.3) is 0 Å². The van der Waals surface area contributed by atoms with Gasteiger partial charge in [0.1, 0.15) is 5.75 Å². The molecule has 1 aromatic rings. The fraction of sp³-hybridized carbons (Fsp3) is 0.364. The van der Waals surface area contributed by atoms with Crippen molar-refractivity contribution in [2.45, 2.75) is 19.0 Å². The van der Waals surface area contributed by atoms with E-state index in [1.807, 2.05) is 0 Å². The molecule has 86 valence electrons. The summed E-state index contributed by atoms with van der Waals surface area (Å²) < 4.78 is 42.3. The molecule has 2 nitrogen and oxygen atoms in total. The van der Waals surface area contributed by atoms with Crippen LogP contribution in [-0.4, -0.2) is 12.8 Å². The van der Waals surface area contributed by atoms with Crippen LogP contribution in [0.4, 0.5) is 13.2 Å². The SMILES string of the molecule is CCOc1ccc(C(C#N)C(F)(F)F)cc1. The predicted molar refractivity (Wildman–Crippen MR) is 52.0 cm³/mol. The van der Waals surface area contributed by atoms with E-state index < -0.39 is 12.1 Å². The summed E-state index contributed by atoms with van der Waals surface area (Å²) in [6, 6.07) is 6.61. The molecule has 0 amide bonds. The van der Waals surface area contributed by atoms with E-state index in [-0.39, 0.29) is 5.56 Å². The number of nitriles is 1. The van der Waals surface area contributed by atoms with Crippen molar-refractivity contribution in [2.75, 3.05) is 6.61 Å². The van der Waals surface area contributed by atoms with Crippen molar-refractivity contribution >= 4 is 0 Å². The Hall–Kier alpha value is -1.70. The Balaban J connectivity index is 2.92. The quantitative estimate of drug-likeness (QED) is 0.796. The summed E-state index contributed by atoms with van der Waals surface area (Å²) in [5, 5.41) is 8.49. The molecular weight excluding hydrogens is 219 g/mol. The molecule has 1 unspecified atom stereocenters. The molecular formula is C11H10F3NO. The highest BCUT2D eigenvalue weighted by molar-refractivity contribution is 5.33. The number of halogens is 3. The highest BCUT2D eigenvalue weighted by atomic mass is 19.4. The molecule has 0 radical (unpaired) electrons. The maximum absolute atomic E-state index is 12.4. The lowest BCUT2D eigenvalue weighted by atomic mass is 10.0. The van der Waals surface area contributed by atoms with E-state index in [0.29, 0.717) is 12.4 Å². The van der Waals surface area contributed by atoms with E-state index in [0.717, 1.165) is 0 Å². The topological polar surface area (TPSA) is 33.0 Å². The van der Waals surface area contributed by atoms with Gasteiger partial charge in [0.2, 0.25) is 0 Å². The van der Waals surface area contributed by atoms with Gasteiger partial charge in [-0.15, -0.1) is 0 Å². The second-order valence-corrected chi connectivity index (χ2v) is 3.11. The summed E-state index contributed by atoms with van der Waals surface area (Å²) in [7, 11) is 0. The molecule has 1 aromatic carbocycles. The van der Waals surface area contributed by atoms with Crippen LogP contribution < -0.4 is 4.74 Å². The number of nitrogens with zero attached hydrogens (tertiary/aromatic N) is 1. The summed E-state index contributed by atoms with van der Waals surface area (Å²) in [5.41, 5.74) is -0.0709. The number of rotatable bonds is 3. The molecule has 0 aliphatic carbocycles. The Morgan fingerprint density at radius 1 is 1.31 bits per heavy atom. The highest BCUT2D eigenvalue weighted by Gasteiger charge is 2.40. The molecule has 0 fully saturated rings. The van der Waals surface area contributed by atoms with Crippen molar-refractivity contribution in [3.05, 3.63) is 29.8 Å². The average molecular weight is 229 g/mol. The number of alkyl halides is 3. The van der Waals surface area contributed by atoms with Gasteiger partial charge in [-0.2, -0.15) is 18.4 Å². The van der Waals surface area contributed by atoms with Crippen LogP contribution in [0.5, 0.6) is 5.75 Å². The maximum Gasteiger partial charge on any atom is 0.408 e. The molecule has 1 atom stereocenters. The van der Waals surface area contributed by atoms with E-state index in [4.69, 9.17) is 10.00 Å². The van der Waals surface area contributed by atoms with E-state index in [2.05, 4.69) is 0 Å².